The van der Waals surface area contributed by atoms with Gasteiger partial charge in [0.2, 0.25) is 0 Å². The minimum atomic E-state index is -1.14. The molecule has 0 amide bonds. The van der Waals surface area contributed by atoms with Crippen molar-refractivity contribution in [3.05, 3.63) is 92.3 Å². The molecule has 1 fully saturated rings. The highest BCUT2D eigenvalue weighted by Gasteiger charge is 2.39. The molecule has 2 aromatic rings. The van der Waals surface area contributed by atoms with Gasteiger partial charge in [-0.15, -0.1) is 0 Å². The maximum Gasteiger partial charge on any atom is 0.337 e. The van der Waals surface area contributed by atoms with Gasteiger partial charge in [0, 0.05) is 24.3 Å². The highest BCUT2D eigenvalue weighted by Crippen LogP contribution is 2.40. The number of carbonyl (C=O) groups is 2. The van der Waals surface area contributed by atoms with E-state index in [4.69, 9.17) is 23.7 Å². The third-order valence-electron chi connectivity index (χ3n) is 6.46. The van der Waals surface area contributed by atoms with Crippen molar-refractivity contribution in [2.45, 2.75) is 25.4 Å². The molecule has 0 aliphatic carbocycles. The van der Waals surface area contributed by atoms with E-state index in [1.165, 1.54) is 29.8 Å². The molecule has 2 unspecified atom stereocenters. The van der Waals surface area contributed by atoms with E-state index in [1.807, 2.05) is 30.3 Å². The highest BCUT2D eigenvalue weighted by molar-refractivity contribution is 6.00. The Kier molecular flexibility index (Phi) is 9.68. The molecule has 0 aromatic heterocycles. The zero-order valence-corrected chi connectivity index (χ0v) is 22.6. The summed E-state index contributed by atoms with van der Waals surface area (Å²) in [6.07, 6.45) is 1.21. The Labute approximate surface area is 236 Å². The van der Waals surface area contributed by atoms with Crippen molar-refractivity contribution >= 4 is 17.6 Å². The Morgan fingerprint density at radius 3 is 2.49 bits per heavy atom. The molecule has 2 aromatic carbocycles. The van der Waals surface area contributed by atoms with E-state index in [2.05, 4.69) is 5.32 Å². The average molecular weight is 564 g/mol. The Hall–Kier alpha value is -4.73. The molecule has 2 aliphatic heterocycles. The fourth-order valence-electron chi connectivity index (χ4n) is 4.43. The maximum atomic E-state index is 13.2. The number of epoxide rings is 1. The SMILES string of the molecule is COC(=O)C1=C(C#N)NC(C)=C(C(=O)OCCOCCOc2ccc(CC3CO3)cc2)C1c1cccc([N+](=O)[O-])c1. The fraction of sp³-hybridized carbons (Fsp3) is 0.345. The number of allylic oxidation sites excluding steroid dienone is 2. The number of nitro groups is 1. The number of esters is 2. The fourth-order valence-corrected chi connectivity index (χ4v) is 4.43. The predicted octanol–water partition coefficient (Wildman–Crippen LogP) is 3.09. The summed E-state index contributed by atoms with van der Waals surface area (Å²) in [6.45, 7) is 2.90. The van der Waals surface area contributed by atoms with E-state index >= 15 is 0 Å². The second-order valence-electron chi connectivity index (χ2n) is 9.24. The van der Waals surface area contributed by atoms with E-state index in [9.17, 15) is 25.0 Å². The van der Waals surface area contributed by atoms with E-state index in [1.54, 1.807) is 6.92 Å². The largest absolute Gasteiger partial charge is 0.491 e. The minimum absolute atomic E-state index is 0.0185. The molecular formula is C29H29N3O9. The van der Waals surface area contributed by atoms with Gasteiger partial charge in [-0.3, -0.25) is 10.1 Å². The van der Waals surface area contributed by atoms with Crippen molar-refractivity contribution in [1.82, 2.24) is 5.32 Å². The molecule has 0 saturated carbocycles. The number of carbonyl (C=O) groups excluding carboxylic acids is 2. The van der Waals surface area contributed by atoms with Crippen molar-refractivity contribution in [3.63, 3.8) is 0 Å². The second kappa shape index (κ2) is 13.6. The molecule has 0 radical (unpaired) electrons. The summed E-state index contributed by atoms with van der Waals surface area (Å²) in [5.74, 6) is -2.06. The highest BCUT2D eigenvalue weighted by atomic mass is 16.6. The number of dihydropyridines is 1. The third kappa shape index (κ3) is 7.47. The topological polar surface area (TPSA) is 163 Å². The number of rotatable bonds is 13. The number of methoxy groups -OCH3 is 1. The van der Waals surface area contributed by atoms with E-state index in [-0.39, 0.29) is 53.6 Å². The summed E-state index contributed by atoms with van der Waals surface area (Å²) in [4.78, 5) is 36.8. The minimum Gasteiger partial charge on any atom is -0.491 e. The van der Waals surface area contributed by atoms with Gasteiger partial charge in [-0.1, -0.05) is 24.3 Å². The summed E-state index contributed by atoms with van der Waals surface area (Å²) >= 11 is 0. The standard InChI is InChI=1S/C29H29N3O9/c1-18-25(26(20-4-3-5-21(15-20)32(35)36)27(28(33)37-2)24(16-30)31-18)29(34)40-13-11-38-10-12-39-22-8-6-19(7-9-22)14-23-17-41-23/h3-9,15,23,26,31H,10-14,17H2,1-2H3. The van der Waals surface area contributed by atoms with Crippen LogP contribution >= 0.6 is 0 Å². The Balaban J connectivity index is 1.35. The van der Waals surface area contributed by atoms with Gasteiger partial charge in [0.05, 0.1) is 55.0 Å². The van der Waals surface area contributed by atoms with Gasteiger partial charge < -0.3 is 29.0 Å². The van der Waals surface area contributed by atoms with Crippen LogP contribution in [0.25, 0.3) is 0 Å². The van der Waals surface area contributed by atoms with Gasteiger partial charge in [-0.2, -0.15) is 5.26 Å². The predicted molar refractivity (Wildman–Crippen MR) is 143 cm³/mol. The van der Waals surface area contributed by atoms with Crippen LogP contribution in [0.1, 0.15) is 24.0 Å². The number of benzene rings is 2. The summed E-state index contributed by atoms with van der Waals surface area (Å²) in [5, 5.41) is 23.8. The molecule has 2 heterocycles. The molecule has 2 atom stereocenters. The zero-order valence-electron chi connectivity index (χ0n) is 22.6. The third-order valence-corrected chi connectivity index (χ3v) is 6.46. The van der Waals surface area contributed by atoms with Crippen molar-refractivity contribution < 1.29 is 38.2 Å². The Morgan fingerprint density at radius 2 is 1.83 bits per heavy atom. The Morgan fingerprint density at radius 1 is 1.10 bits per heavy atom. The lowest BCUT2D eigenvalue weighted by molar-refractivity contribution is -0.384. The average Bonchev–Trinajstić information content (AvgIpc) is 3.80. The first-order valence-electron chi connectivity index (χ1n) is 12.8. The summed E-state index contributed by atoms with van der Waals surface area (Å²) < 4.78 is 26.7. The van der Waals surface area contributed by atoms with Gasteiger partial charge in [-0.05, 0) is 30.2 Å². The number of nitrogens with one attached hydrogen (secondary N) is 1. The number of non-ortho nitro benzene ring substituents is 1. The van der Waals surface area contributed by atoms with Crippen LogP contribution in [0.2, 0.25) is 0 Å². The van der Waals surface area contributed by atoms with Crippen LogP contribution in [-0.4, -0.2) is 63.1 Å². The second-order valence-corrected chi connectivity index (χ2v) is 9.24. The lowest BCUT2D eigenvalue weighted by Gasteiger charge is -2.29. The molecule has 0 bridgehead atoms. The van der Waals surface area contributed by atoms with Gasteiger partial charge in [0.1, 0.15) is 30.7 Å². The monoisotopic (exact) mass is 563 g/mol. The zero-order chi connectivity index (χ0) is 29.4. The van der Waals surface area contributed by atoms with Crippen LogP contribution in [0.15, 0.2) is 71.1 Å². The normalized spacial score (nSPS) is 17.8. The van der Waals surface area contributed by atoms with Crippen molar-refractivity contribution in [3.8, 4) is 11.8 Å². The summed E-state index contributed by atoms with van der Waals surface area (Å²) in [7, 11) is 1.14. The first-order valence-corrected chi connectivity index (χ1v) is 12.8. The van der Waals surface area contributed by atoms with E-state index < -0.39 is 22.8 Å². The summed E-state index contributed by atoms with van der Waals surface area (Å²) in [6, 6.07) is 15.2. The number of ether oxygens (including phenoxy) is 5. The lowest BCUT2D eigenvalue weighted by atomic mass is 9.80. The van der Waals surface area contributed by atoms with Crippen LogP contribution in [0.4, 0.5) is 5.69 Å². The maximum absolute atomic E-state index is 13.2. The van der Waals surface area contributed by atoms with Crippen molar-refractivity contribution in [2.75, 3.05) is 40.1 Å². The van der Waals surface area contributed by atoms with Crippen LogP contribution in [0, 0.1) is 21.4 Å². The smallest absolute Gasteiger partial charge is 0.337 e. The molecule has 1 N–H and O–H groups in total. The van der Waals surface area contributed by atoms with Crippen LogP contribution in [-0.2, 0) is 35.0 Å². The molecule has 12 heteroatoms. The van der Waals surface area contributed by atoms with Crippen LogP contribution in [0.3, 0.4) is 0 Å². The molecule has 1 saturated heterocycles. The van der Waals surface area contributed by atoms with Gasteiger partial charge in [-0.25, -0.2) is 9.59 Å². The molecule has 2 aliphatic rings. The number of nitrogens with zero attached hydrogens (tertiary/aromatic N) is 2. The van der Waals surface area contributed by atoms with E-state index in [0.717, 1.165) is 20.1 Å². The van der Waals surface area contributed by atoms with Gasteiger partial charge in [0.25, 0.3) is 5.69 Å². The number of hydrogen-bond donors (Lipinski definition) is 1. The van der Waals surface area contributed by atoms with Crippen molar-refractivity contribution in [1.29, 1.82) is 5.26 Å². The number of hydrogen-bond acceptors (Lipinski definition) is 11. The Bertz CT molecular complexity index is 1410. The van der Waals surface area contributed by atoms with Crippen LogP contribution in [0.5, 0.6) is 5.75 Å². The molecule has 12 nitrogen and oxygen atoms in total. The first kappa shape index (κ1) is 29.3. The van der Waals surface area contributed by atoms with Crippen LogP contribution < -0.4 is 10.1 Å². The molecule has 41 heavy (non-hydrogen) atoms. The number of nitriles is 1. The molecule has 0 spiro atoms. The van der Waals surface area contributed by atoms with Gasteiger partial charge >= 0.3 is 11.9 Å². The quantitative estimate of drug-likeness (QED) is 0.125. The molecule has 4 rings (SSSR count). The lowest BCUT2D eigenvalue weighted by Crippen LogP contribution is -2.33. The van der Waals surface area contributed by atoms with Crippen molar-refractivity contribution in [2.24, 2.45) is 0 Å². The van der Waals surface area contributed by atoms with E-state index in [0.29, 0.717) is 18.5 Å². The first-order chi connectivity index (χ1) is 19.8. The molecule has 214 valence electrons. The summed E-state index contributed by atoms with van der Waals surface area (Å²) in [5.41, 5.74) is 1.19. The van der Waals surface area contributed by atoms with Gasteiger partial charge in [0.15, 0.2) is 0 Å². The molecular weight excluding hydrogens is 534 g/mol. The number of nitro benzene ring substituents is 1.